The minimum atomic E-state index is -0.344. The van der Waals surface area contributed by atoms with Gasteiger partial charge in [0.25, 0.3) is 0 Å². The van der Waals surface area contributed by atoms with Crippen molar-refractivity contribution in [3.05, 3.63) is 53.8 Å². The number of rotatable bonds is 1. The lowest BCUT2D eigenvalue weighted by Crippen LogP contribution is -2.36. The summed E-state index contributed by atoms with van der Waals surface area (Å²) in [6.45, 7) is 0. The van der Waals surface area contributed by atoms with Crippen LogP contribution in [0.15, 0.2) is 42.5 Å². The first-order chi connectivity index (χ1) is 10.7. The highest BCUT2D eigenvalue weighted by molar-refractivity contribution is 6.06. The molecule has 2 nitrogen and oxygen atoms in total. The summed E-state index contributed by atoms with van der Waals surface area (Å²) in [6.07, 6.45) is 5.28. The van der Waals surface area contributed by atoms with E-state index in [0.717, 1.165) is 48.1 Å². The normalized spacial score (nSPS) is 19.0. The van der Waals surface area contributed by atoms with E-state index < -0.39 is 0 Å². The van der Waals surface area contributed by atoms with Gasteiger partial charge in [-0.25, -0.2) is 4.39 Å². The molecule has 2 aliphatic rings. The second-order valence-corrected chi connectivity index (χ2v) is 6.36. The van der Waals surface area contributed by atoms with E-state index in [0.29, 0.717) is 0 Å². The van der Waals surface area contributed by atoms with Crippen LogP contribution < -0.4 is 5.32 Å². The molecule has 1 spiro atoms. The third kappa shape index (κ3) is 1.96. The minimum absolute atomic E-state index is 0.151. The maximum Gasteiger partial charge on any atom is 0.235 e. The Labute approximate surface area is 129 Å². The van der Waals surface area contributed by atoms with E-state index in [9.17, 15) is 9.18 Å². The average molecular weight is 295 g/mol. The molecule has 22 heavy (non-hydrogen) atoms. The summed E-state index contributed by atoms with van der Waals surface area (Å²) in [6, 6.07) is 12.6. The largest absolute Gasteiger partial charge is 0.325 e. The lowest BCUT2D eigenvalue weighted by atomic mass is 9.70. The minimum Gasteiger partial charge on any atom is -0.325 e. The number of carbonyl (C=O) groups excluding carboxylic acids is 1. The van der Waals surface area contributed by atoms with E-state index in [1.807, 2.05) is 12.1 Å². The van der Waals surface area contributed by atoms with E-state index in [1.54, 1.807) is 12.1 Å². The van der Waals surface area contributed by atoms with Gasteiger partial charge in [0.1, 0.15) is 5.82 Å². The van der Waals surface area contributed by atoms with E-state index in [2.05, 4.69) is 11.4 Å². The first kappa shape index (κ1) is 13.5. The Balaban J connectivity index is 1.81. The zero-order valence-electron chi connectivity index (χ0n) is 12.4. The Bertz CT molecular complexity index is 730. The summed E-state index contributed by atoms with van der Waals surface area (Å²) in [5.74, 6) is -0.0797. The molecule has 1 fully saturated rings. The number of hydrogen-bond acceptors (Lipinski definition) is 1. The summed E-state index contributed by atoms with van der Waals surface area (Å²) in [5, 5.41) is 3.05. The van der Waals surface area contributed by atoms with Crippen LogP contribution >= 0.6 is 0 Å². The third-order valence-electron chi connectivity index (χ3n) is 5.10. The Kier molecular flexibility index (Phi) is 3.03. The van der Waals surface area contributed by atoms with Crippen molar-refractivity contribution in [1.82, 2.24) is 0 Å². The van der Waals surface area contributed by atoms with Gasteiger partial charge in [0.05, 0.1) is 5.41 Å². The zero-order chi connectivity index (χ0) is 15.2. The molecule has 2 aromatic carbocycles. The van der Waals surface area contributed by atoms with Gasteiger partial charge < -0.3 is 5.32 Å². The van der Waals surface area contributed by atoms with E-state index in [4.69, 9.17) is 0 Å². The first-order valence-corrected chi connectivity index (χ1v) is 7.91. The van der Waals surface area contributed by atoms with E-state index in [-0.39, 0.29) is 17.1 Å². The summed E-state index contributed by atoms with van der Waals surface area (Å²) in [5.41, 5.74) is 3.75. The van der Waals surface area contributed by atoms with Crippen LogP contribution in [0.2, 0.25) is 0 Å². The van der Waals surface area contributed by atoms with Gasteiger partial charge in [0, 0.05) is 5.69 Å². The monoisotopic (exact) mass is 295 g/mol. The Hall–Kier alpha value is -2.16. The number of carbonyl (C=O) groups is 1. The van der Waals surface area contributed by atoms with Crippen LogP contribution in [0.1, 0.15) is 37.7 Å². The lowest BCUT2D eigenvalue weighted by Gasteiger charge is -2.31. The van der Waals surface area contributed by atoms with Gasteiger partial charge in [-0.1, -0.05) is 37.5 Å². The predicted octanol–water partition coefficient (Wildman–Crippen LogP) is 4.65. The van der Waals surface area contributed by atoms with Gasteiger partial charge >= 0.3 is 0 Å². The SMILES string of the molecule is O=C1Nc2ccc(-c3ccc(F)cc3)cc2C12CCCCC2. The van der Waals surface area contributed by atoms with Gasteiger partial charge in [-0.05, 0) is 53.8 Å². The summed E-state index contributed by atoms with van der Waals surface area (Å²) in [7, 11) is 0. The number of fused-ring (bicyclic) bond motifs is 2. The quantitative estimate of drug-likeness (QED) is 0.815. The fraction of sp³-hybridized carbons (Fsp3) is 0.316. The van der Waals surface area contributed by atoms with E-state index >= 15 is 0 Å². The van der Waals surface area contributed by atoms with Crippen LogP contribution in [0, 0.1) is 5.82 Å². The van der Waals surface area contributed by atoms with Gasteiger partial charge in [-0.3, -0.25) is 4.79 Å². The highest BCUT2D eigenvalue weighted by atomic mass is 19.1. The fourth-order valence-corrected chi connectivity index (χ4v) is 3.89. The molecule has 112 valence electrons. The Morgan fingerprint density at radius 1 is 0.909 bits per heavy atom. The molecule has 4 rings (SSSR count). The van der Waals surface area contributed by atoms with Crippen LogP contribution in [0.3, 0.4) is 0 Å². The molecule has 0 aromatic heterocycles. The molecule has 0 bridgehead atoms. The van der Waals surface area contributed by atoms with Crippen LogP contribution in [-0.4, -0.2) is 5.91 Å². The fourth-order valence-electron chi connectivity index (χ4n) is 3.89. The molecular formula is C19H18FNO. The molecule has 3 heteroatoms. The van der Waals surface area contributed by atoms with Crippen LogP contribution in [-0.2, 0) is 10.2 Å². The highest BCUT2D eigenvalue weighted by Crippen LogP contribution is 2.48. The molecule has 0 atom stereocenters. The molecule has 0 unspecified atom stereocenters. The molecule has 2 aromatic rings. The molecule has 1 aliphatic heterocycles. The molecule has 1 aliphatic carbocycles. The molecular weight excluding hydrogens is 277 g/mol. The van der Waals surface area contributed by atoms with Crippen molar-refractivity contribution in [2.45, 2.75) is 37.5 Å². The second-order valence-electron chi connectivity index (χ2n) is 6.36. The summed E-state index contributed by atoms with van der Waals surface area (Å²) in [4.78, 5) is 12.5. The maximum absolute atomic E-state index is 13.1. The lowest BCUT2D eigenvalue weighted by molar-refractivity contribution is -0.121. The standard InChI is InChI=1S/C19H18FNO/c20-15-7-4-13(5-8-15)14-6-9-17-16(12-14)19(18(22)21-17)10-2-1-3-11-19/h4-9,12H,1-3,10-11H2,(H,21,22). The summed E-state index contributed by atoms with van der Waals surface area (Å²) < 4.78 is 13.1. The average Bonchev–Trinajstić information content (AvgIpc) is 2.81. The number of halogens is 1. The second kappa shape index (κ2) is 4.94. The number of benzene rings is 2. The maximum atomic E-state index is 13.1. The molecule has 0 radical (unpaired) electrons. The molecule has 1 amide bonds. The van der Waals surface area contributed by atoms with Crippen LogP contribution in [0.5, 0.6) is 0 Å². The molecule has 1 heterocycles. The van der Waals surface area contributed by atoms with Crippen molar-refractivity contribution >= 4 is 11.6 Å². The Morgan fingerprint density at radius 2 is 1.59 bits per heavy atom. The molecule has 0 saturated heterocycles. The van der Waals surface area contributed by atoms with Gasteiger partial charge in [0.2, 0.25) is 5.91 Å². The van der Waals surface area contributed by atoms with Gasteiger partial charge in [-0.15, -0.1) is 0 Å². The topological polar surface area (TPSA) is 29.1 Å². The highest BCUT2D eigenvalue weighted by Gasteiger charge is 2.47. The van der Waals surface area contributed by atoms with E-state index in [1.165, 1.54) is 18.6 Å². The van der Waals surface area contributed by atoms with Crippen molar-refractivity contribution < 1.29 is 9.18 Å². The predicted molar refractivity (Wildman–Crippen MR) is 85.2 cm³/mol. The van der Waals surface area contributed by atoms with Crippen molar-refractivity contribution in [2.75, 3.05) is 5.32 Å². The van der Waals surface area contributed by atoms with Gasteiger partial charge in [-0.2, -0.15) is 0 Å². The number of anilines is 1. The first-order valence-electron chi connectivity index (χ1n) is 7.91. The number of hydrogen-bond donors (Lipinski definition) is 1. The molecule has 1 N–H and O–H groups in total. The number of nitrogens with one attached hydrogen (secondary N) is 1. The van der Waals surface area contributed by atoms with Crippen molar-refractivity contribution in [3.63, 3.8) is 0 Å². The summed E-state index contributed by atoms with van der Waals surface area (Å²) >= 11 is 0. The van der Waals surface area contributed by atoms with Crippen LogP contribution in [0.25, 0.3) is 11.1 Å². The van der Waals surface area contributed by atoms with Gasteiger partial charge in [0.15, 0.2) is 0 Å². The number of amides is 1. The Morgan fingerprint density at radius 3 is 2.32 bits per heavy atom. The van der Waals surface area contributed by atoms with Crippen molar-refractivity contribution in [1.29, 1.82) is 0 Å². The third-order valence-corrected chi connectivity index (χ3v) is 5.10. The van der Waals surface area contributed by atoms with Crippen molar-refractivity contribution in [3.8, 4) is 11.1 Å². The van der Waals surface area contributed by atoms with Crippen molar-refractivity contribution in [2.24, 2.45) is 0 Å². The molecule has 1 saturated carbocycles. The zero-order valence-corrected chi connectivity index (χ0v) is 12.4. The smallest absolute Gasteiger partial charge is 0.235 e. The van der Waals surface area contributed by atoms with Crippen LogP contribution in [0.4, 0.5) is 10.1 Å².